The molecule has 14 nitrogen and oxygen atoms in total. The maximum atomic E-state index is 13.1. The highest BCUT2D eigenvalue weighted by atomic mass is 16.4. The Kier molecular flexibility index (Phi) is 13.1. The van der Waals surface area contributed by atoms with Crippen molar-refractivity contribution in [3.05, 3.63) is 35.9 Å². The molecule has 14 heteroatoms. The van der Waals surface area contributed by atoms with Crippen molar-refractivity contribution in [1.29, 1.82) is 0 Å². The van der Waals surface area contributed by atoms with Crippen LogP contribution < -0.4 is 38.9 Å². The fraction of sp³-hybridized carbons (Fsp3) is 0.478. The lowest BCUT2D eigenvalue weighted by molar-refractivity contribution is -0.142. The molecule has 0 aliphatic rings. The highest BCUT2D eigenvalue weighted by Gasteiger charge is 2.30. The summed E-state index contributed by atoms with van der Waals surface area (Å²) in [5, 5.41) is 16.9. The number of rotatable bonds is 16. The van der Waals surface area contributed by atoms with E-state index in [-0.39, 0.29) is 44.6 Å². The first kappa shape index (κ1) is 30.8. The van der Waals surface area contributed by atoms with Crippen LogP contribution in [0.4, 0.5) is 0 Å². The normalized spacial score (nSPS) is 13.8. The van der Waals surface area contributed by atoms with Crippen molar-refractivity contribution in [2.45, 2.75) is 63.2 Å². The van der Waals surface area contributed by atoms with Crippen LogP contribution in [-0.4, -0.2) is 71.4 Å². The Labute approximate surface area is 214 Å². The summed E-state index contributed by atoms with van der Waals surface area (Å²) in [5.74, 6) is -4.30. The van der Waals surface area contributed by atoms with Crippen molar-refractivity contribution in [3.8, 4) is 0 Å². The van der Waals surface area contributed by atoms with E-state index in [1.165, 1.54) is 6.92 Å². The number of aliphatic imine (C=N–C) groups is 1. The van der Waals surface area contributed by atoms with Crippen LogP contribution in [0.1, 0.15) is 38.2 Å². The van der Waals surface area contributed by atoms with Gasteiger partial charge in [-0.15, -0.1) is 0 Å². The molecular weight excluding hydrogens is 484 g/mol. The van der Waals surface area contributed by atoms with Gasteiger partial charge in [-0.1, -0.05) is 30.3 Å². The number of carbonyl (C=O) groups is 5. The third-order valence-corrected chi connectivity index (χ3v) is 5.20. The molecule has 0 saturated carbocycles. The minimum Gasteiger partial charge on any atom is -0.480 e. The first-order valence-corrected chi connectivity index (χ1v) is 11.7. The lowest BCUT2D eigenvalue weighted by atomic mass is 10.0. The van der Waals surface area contributed by atoms with E-state index in [1.54, 1.807) is 30.3 Å². The molecule has 1 aromatic carbocycles. The summed E-state index contributed by atoms with van der Waals surface area (Å²) in [5.41, 5.74) is 22.0. The highest BCUT2D eigenvalue weighted by Crippen LogP contribution is 2.07. The Bertz CT molecular complexity index is 965. The van der Waals surface area contributed by atoms with Gasteiger partial charge in [0.1, 0.15) is 18.1 Å². The van der Waals surface area contributed by atoms with Gasteiger partial charge < -0.3 is 44.0 Å². The number of nitrogens with one attached hydrogen (secondary N) is 3. The molecule has 0 spiro atoms. The molecule has 0 heterocycles. The molecule has 4 unspecified atom stereocenters. The standard InChI is InChI=1S/C23H36N8O6/c1-13(24)19(33)31-17(12-14-6-3-2-4-7-14)21(35)29-15(9-10-18(25)32)20(34)30-16(22(36)37)8-5-11-28-23(26)27/h2-4,6-7,13,15-17H,5,8-12,24H2,1H3,(H2,25,32)(H,29,35)(H,30,34)(H,31,33)(H,36,37)(H4,26,27,28). The third kappa shape index (κ3) is 12.4. The molecule has 37 heavy (non-hydrogen) atoms. The van der Waals surface area contributed by atoms with Crippen molar-refractivity contribution in [3.63, 3.8) is 0 Å². The fourth-order valence-electron chi connectivity index (χ4n) is 3.22. The Balaban J connectivity index is 3.03. The molecule has 12 N–H and O–H groups in total. The Morgan fingerprint density at radius 1 is 0.865 bits per heavy atom. The van der Waals surface area contributed by atoms with Gasteiger partial charge in [0.2, 0.25) is 23.6 Å². The van der Waals surface area contributed by atoms with E-state index >= 15 is 0 Å². The van der Waals surface area contributed by atoms with Gasteiger partial charge >= 0.3 is 5.97 Å². The summed E-state index contributed by atoms with van der Waals surface area (Å²) in [6.07, 6.45) is -0.0775. The zero-order chi connectivity index (χ0) is 28.0. The molecule has 0 radical (unpaired) electrons. The molecule has 0 bridgehead atoms. The van der Waals surface area contributed by atoms with Gasteiger partial charge in [0.25, 0.3) is 0 Å². The van der Waals surface area contributed by atoms with Crippen molar-refractivity contribution >= 4 is 35.6 Å². The number of hydrogen-bond donors (Lipinski definition) is 8. The van der Waals surface area contributed by atoms with Gasteiger partial charge in [0.15, 0.2) is 5.96 Å². The average molecular weight is 521 g/mol. The molecule has 4 amide bonds. The summed E-state index contributed by atoms with van der Waals surface area (Å²) < 4.78 is 0. The number of carbonyl (C=O) groups excluding carboxylic acids is 4. The maximum Gasteiger partial charge on any atom is 0.326 e. The lowest BCUT2D eigenvalue weighted by Crippen LogP contribution is -2.57. The molecule has 4 atom stereocenters. The predicted octanol–water partition coefficient (Wildman–Crippen LogP) is -2.57. The van der Waals surface area contributed by atoms with Crippen LogP contribution in [-0.2, 0) is 30.4 Å². The topological polar surface area (TPSA) is 258 Å². The molecule has 1 rings (SSSR count). The number of carboxylic acids is 1. The lowest BCUT2D eigenvalue weighted by Gasteiger charge is -2.25. The van der Waals surface area contributed by atoms with Gasteiger partial charge in [-0.25, -0.2) is 4.79 Å². The van der Waals surface area contributed by atoms with Crippen LogP contribution in [0.15, 0.2) is 35.3 Å². The second kappa shape index (κ2) is 15.7. The van der Waals surface area contributed by atoms with Gasteiger partial charge in [0.05, 0.1) is 6.04 Å². The Hall–Kier alpha value is -4.20. The first-order valence-electron chi connectivity index (χ1n) is 11.7. The van der Waals surface area contributed by atoms with Gasteiger partial charge in [-0.3, -0.25) is 24.2 Å². The van der Waals surface area contributed by atoms with E-state index in [9.17, 15) is 29.1 Å². The number of aliphatic carboxylic acids is 1. The second-order valence-corrected chi connectivity index (χ2v) is 8.45. The zero-order valence-corrected chi connectivity index (χ0v) is 20.7. The Morgan fingerprint density at radius 3 is 1.97 bits per heavy atom. The minimum atomic E-state index is -1.30. The Morgan fingerprint density at radius 2 is 1.43 bits per heavy atom. The van der Waals surface area contributed by atoms with Crippen LogP contribution in [0, 0.1) is 0 Å². The summed E-state index contributed by atoms with van der Waals surface area (Å²) >= 11 is 0. The quantitative estimate of drug-likeness (QED) is 0.0646. The minimum absolute atomic E-state index is 0.00934. The van der Waals surface area contributed by atoms with Crippen LogP contribution in [0.3, 0.4) is 0 Å². The van der Waals surface area contributed by atoms with E-state index in [0.717, 1.165) is 5.56 Å². The highest BCUT2D eigenvalue weighted by molar-refractivity contribution is 5.94. The van der Waals surface area contributed by atoms with Gasteiger partial charge in [-0.2, -0.15) is 0 Å². The zero-order valence-electron chi connectivity index (χ0n) is 20.7. The molecule has 204 valence electrons. The van der Waals surface area contributed by atoms with Crippen molar-refractivity contribution < 1.29 is 29.1 Å². The van der Waals surface area contributed by atoms with Crippen molar-refractivity contribution in [2.75, 3.05) is 6.54 Å². The molecule has 0 fully saturated rings. The largest absolute Gasteiger partial charge is 0.480 e. The average Bonchev–Trinajstić information content (AvgIpc) is 2.82. The number of carboxylic acid groups (broad SMARTS) is 1. The monoisotopic (exact) mass is 520 g/mol. The fourth-order valence-corrected chi connectivity index (χ4v) is 3.22. The molecule has 0 aliphatic carbocycles. The molecule has 0 saturated heterocycles. The number of benzene rings is 1. The molecule has 1 aromatic rings. The number of hydrogen-bond acceptors (Lipinski definition) is 7. The van der Waals surface area contributed by atoms with E-state index in [0.29, 0.717) is 0 Å². The van der Waals surface area contributed by atoms with E-state index in [4.69, 9.17) is 22.9 Å². The number of guanidine groups is 1. The summed E-state index contributed by atoms with van der Waals surface area (Å²) in [6.45, 7) is 1.61. The van der Waals surface area contributed by atoms with Gasteiger partial charge in [-0.05, 0) is 31.7 Å². The summed E-state index contributed by atoms with van der Waals surface area (Å²) in [7, 11) is 0. The molecular formula is C23H36N8O6. The van der Waals surface area contributed by atoms with E-state index in [2.05, 4.69) is 20.9 Å². The van der Waals surface area contributed by atoms with Crippen molar-refractivity contribution in [2.24, 2.45) is 27.9 Å². The van der Waals surface area contributed by atoms with Crippen LogP contribution in [0.5, 0.6) is 0 Å². The number of nitrogens with zero attached hydrogens (tertiary/aromatic N) is 1. The van der Waals surface area contributed by atoms with E-state index < -0.39 is 53.8 Å². The second-order valence-electron chi connectivity index (χ2n) is 8.45. The number of amides is 4. The third-order valence-electron chi connectivity index (χ3n) is 5.20. The number of primary amides is 1. The summed E-state index contributed by atoms with van der Waals surface area (Å²) in [6, 6.07) is 4.25. The SMILES string of the molecule is CC(N)C(=O)NC(Cc1ccccc1)C(=O)NC(CCC(N)=O)C(=O)NC(CCCN=C(N)N)C(=O)O. The predicted molar refractivity (Wildman–Crippen MR) is 136 cm³/mol. The van der Waals surface area contributed by atoms with E-state index in [1.807, 2.05) is 0 Å². The maximum absolute atomic E-state index is 13.1. The molecule has 0 aliphatic heterocycles. The first-order chi connectivity index (χ1) is 17.4. The summed E-state index contributed by atoms with van der Waals surface area (Å²) in [4.78, 5) is 65.1. The van der Waals surface area contributed by atoms with Crippen molar-refractivity contribution in [1.82, 2.24) is 16.0 Å². The number of nitrogens with two attached hydrogens (primary N) is 4. The smallest absolute Gasteiger partial charge is 0.326 e. The molecule has 0 aromatic heterocycles. The van der Waals surface area contributed by atoms with Crippen LogP contribution in [0.25, 0.3) is 0 Å². The van der Waals surface area contributed by atoms with Gasteiger partial charge in [0, 0.05) is 19.4 Å². The van der Waals surface area contributed by atoms with Crippen LogP contribution in [0.2, 0.25) is 0 Å². The van der Waals surface area contributed by atoms with Crippen LogP contribution >= 0.6 is 0 Å².